The monoisotopic (exact) mass is 274 g/mol. The summed E-state index contributed by atoms with van der Waals surface area (Å²) >= 11 is 0. The van der Waals surface area contributed by atoms with E-state index in [1.807, 2.05) is 20.8 Å². The maximum atomic E-state index is 11.4. The lowest BCUT2D eigenvalue weighted by Crippen LogP contribution is -2.48. The first-order valence-electron chi connectivity index (χ1n) is 7.11. The van der Waals surface area contributed by atoms with Gasteiger partial charge in [0.1, 0.15) is 5.60 Å². The Labute approximate surface area is 117 Å². The van der Waals surface area contributed by atoms with E-state index in [-0.39, 0.29) is 18.2 Å². The summed E-state index contributed by atoms with van der Waals surface area (Å²) < 4.78 is 5.14. The van der Waals surface area contributed by atoms with Crippen LogP contribution in [0.25, 0.3) is 0 Å². The van der Waals surface area contributed by atoms with Crippen molar-refractivity contribution in [3.8, 4) is 0 Å². The van der Waals surface area contributed by atoms with Crippen LogP contribution < -0.4 is 10.6 Å². The van der Waals surface area contributed by atoms with E-state index in [1.165, 1.54) is 0 Å². The summed E-state index contributed by atoms with van der Waals surface area (Å²) in [6.07, 6.45) is 2.20. The third kappa shape index (κ3) is 8.06. The van der Waals surface area contributed by atoms with Gasteiger partial charge < -0.3 is 20.5 Å². The van der Waals surface area contributed by atoms with Crippen molar-refractivity contribution >= 4 is 6.09 Å². The molecular formula is C14H30N2O3. The van der Waals surface area contributed by atoms with Crippen LogP contribution in [0.1, 0.15) is 53.9 Å². The number of carbonyl (C=O) groups is 1. The Hall–Kier alpha value is -0.810. The Morgan fingerprint density at radius 2 is 1.74 bits per heavy atom. The van der Waals surface area contributed by atoms with Crippen LogP contribution in [0.3, 0.4) is 0 Å². The van der Waals surface area contributed by atoms with Crippen LogP contribution in [0, 0.1) is 0 Å². The molecule has 0 atom stereocenters. The molecule has 1 amide bonds. The van der Waals surface area contributed by atoms with Gasteiger partial charge >= 0.3 is 6.09 Å². The number of rotatable bonds is 8. The highest BCUT2D eigenvalue weighted by atomic mass is 16.6. The molecule has 0 rings (SSSR count). The van der Waals surface area contributed by atoms with E-state index in [0.717, 1.165) is 25.8 Å². The summed E-state index contributed by atoms with van der Waals surface area (Å²) in [5.74, 6) is 0. The van der Waals surface area contributed by atoms with Gasteiger partial charge in [-0.3, -0.25) is 0 Å². The highest BCUT2D eigenvalue weighted by molar-refractivity contribution is 5.67. The molecule has 0 aromatic heterocycles. The summed E-state index contributed by atoms with van der Waals surface area (Å²) in [5.41, 5.74) is -0.648. The highest BCUT2D eigenvalue weighted by Crippen LogP contribution is 2.13. The number of hydrogen-bond acceptors (Lipinski definition) is 4. The van der Waals surface area contributed by atoms with Gasteiger partial charge in [-0.1, -0.05) is 13.8 Å². The molecule has 0 radical (unpaired) electrons. The summed E-state index contributed by atoms with van der Waals surface area (Å²) in [7, 11) is 0. The number of amides is 1. The first-order valence-corrected chi connectivity index (χ1v) is 7.11. The molecule has 0 spiro atoms. The molecule has 19 heavy (non-hydrogen) atoms. The van der Waals surface area contributed by atoms with Gasteiger partial charge in [0.25, 0.3) is 0 Å². The number of aliphatic hydroxyl groups excluding tert-OH is 1. The smallest absolute Gasteiger partial charge is 0.407 e. The van der Waals surface area contributed by atoms with Crippen molar-refractivity contribution in [1.82, 2.24) is 10.6 Å². The number of hydrogen-bond donors (Lipinski definition) is 3. The minimum Gasteiger partial charge on any atom is -0.444 e. The Morgan fingerprint density at radius 1 is 1.16 bits per heavy atom. The van der Waals surface area contributed by atoms with E-state index in [2.05, 4.69) is 24.5 Å². The van der Waals surface area contributed by atoms with E-state index >= 15 is 0 Å². The lowest BCUT2D eigenvalue weighted by molar-refractivity contribution is 0.0526. The van der Waals surface area contributed by atoms with Crippen molar-refractivity contribution in [2.75, 3.05) is 19.7 Å². The molecule has 0 heterocycles. The van der Waals surface area contributed by atoms with Crippen LogP contribution in [0.2, 0.25) is 0 Å². The number of alkyl carbamates (subject to hydrolysis) is 1. The largest absolute Gasteiger partial charge is 0.444 e. The molecule has 5 nitrogen and oxygen atoms in total. The van der Waals surface area contributed by atoms with E-state index in [1.54, 1.807) is 0 Å². The molecule has 0 saturated heterocycles. The third-order valence-corrected chi connectivity index (χ3v) is 3.18. The molecule has 0 aliphatic rings. The molecule has 0 aromatic carbocycles. The van der Waals surface area contributed by atoms with Gasteiger partial charge in [-0.05, 0) is 46.6 Å². The van der Waals surface area contributed by atoms with Crippen molar-refractivity contribution < 1.29 is 14.6 Å². The van der Waals surface area contributed by atoms with Crippen LogP contribution in [-0.2, 0) is 4.74 Å². The Bertz CT molecular complexity index is 250. The van der Waals surface area contributed by atoms with Gasteiger partial charge in [-0.2, -0.15) is 0 Å². The molecule has 0 aliphatic heterocycles. The van der Waals surface area contributed by atoms with Crippen molar-refractivity contribution in [3.63, 3.8) is 0 Å². The molecule has 0 aromatic rings. The van der Waals surface area contributed by atoms with Crippen molar-refractivity contribution in [2.45, 2.75) is 65.0 Å². The van der Waals surface area contributed by atoms with Crippen molar-refractivity contribution in [1.29, 1.82) is 0 Å². The van der Waals surface area contributed by atoms with E-state index in [9.17, 15) is 9.90 Å². The minimum atomic E-state index is -0.460. The van der Waals surface area contributed by atoms with Crippen molar-refractivity contribution in [3.05, 3.63) is 0 Å². The van der Waals surface area contributed by atoms with Gasteiger partial charge in [0.2, 0.25) is 0 Å². The van der Waals surface area contributed by atoms with Crippen LogP contribution in [0.4, 0.5) is 4.79 Å². The van der Waals surface area contributed by atoms with Gasteiger partial charge in [0.05, 0.1) is 6.61 Å². The predicted molar refractivity (Wildman–Crippen MR) is 77.3 cm³/mol. The van der Waals surface area contributed by atoms with Crippen LogP contribution >= 0.6 is 0 Å². The van der Waals surface area contributed by atoms with Gasteiger partial charge in [0, 0.05) is 12.1 Å². The maximum Gasteiger partial charge on any atom is 0.407 e. The molecule has 0 fully saturated rings. The summed E-state index contributed by atoms with van der Waals surface area (Å²) in [5, 5.41) is 15.5. The quantitative estimate of drug-likeness (QED) is 0.592. The minimum absolute atomic E-state index is 0.138. The Kier molecular flexibility index (Phi) is 8.02. The lowest BCUT2D eigenvalue weighted by Gasteiger charge is -2.31. The fraction of sp³-hybridized carbons (Fsp3) is 0.929. The molecule has 0 aliphatic carbocycles. The third-order valence-electron chi connectivity index (χ3n) is 3.18. The zero-order valence-electron chi connectivity index (χ0n) is 13.0. The number of nitrogens with one attached hydrogen (secondary N) is 2. The summed E-state index contributed by atoms with van der Waals surface area (Å²) in [6, 6.07) is 0. The lowest BCUT2D eigenvalue weighted by atomic mass is 9.94. The molecule has 0 saturated carbocycles. The van der Waals surface area contributed by atoms with Gasteiger partial charge in [0.15, 0.2) is 0 Å². The molecular weight excluding hydrogens is 244 g/mol. The molecule has 0 bridgehead atoms. The summed E-state index contributed by atoms with van der Waals surface area (Å²) in [6.45, 7) is 11.1. The SMILES string of the molecule is CCC(CC)(CO)NCCCNC(=O)OC(C)(C)C. The average molecular weight is 274 g/mol. The van der Waals surface area contributed by atoms with E-state index < -0.39 is 5.60 Å². The van der Waals surface area contributed by atoms with Crippen LogP contribution in [-0.4, -0.2) is 42.0 Å². The van der Waals surface area contributed by atoms with E-state index in [0.29, 0.717) is 6.54 Å². The first-order chi connectivity index (χ1) is 8.78. The van der Waals surface area contributed by atoms with Crippen LogP contribution in [0.5, 0.6) is 0 Å². The first kappa shape index (κ1) is 18.2. The van der Waals surface area contributed by atoms with Crippen LogP contribution in [0.15, 0.2) is 0 Å². The molecule has 0 unspecified atom stereocenters. The second-order valence-electron chi connectivity index (χ2n) is 5.85. The zero-order chi connectivity index (χ0) is 14.9. The summed E-state index contributed by atoms with van der Waals surface area (Å²) in [4.78, 5) is 11.4. The zero-order valence-corrected chi connectivity index (χ0v) is 13.0. The average Bonchev–Trinajstić information content (AvgIpc) is 2.32. The van der Waals surface area contributed by atoms with Gasteiger partial charge in [-0.25, -0.2) is 4.79 Å². The fourth-order valence-electron chi connectivity index (χ4n) is 1.73. The second-order valence-corrected chi connectivity index (χ2v) is 5.85. The maximum absolute atomic E-state index is 11.4. The number of ether oxygens (including phenoxy) is 1. The topological polar surface area (TPSA) is 70.6 Å². The Morgan fingerprint density at radius 3 is 2.16 bits per heavy atom. The number of aliphatic hydroxyl groups is 1. The molecule has 5 heteroatoms. The van der Waals surface area contributed by atoms with Gasteiger partial charge in [-0.15, -0.1) is 0 Å². The van der Waals surface area contributed by atoms with E-state index in [4.69, 9.17) is 4.74 Å². The Balaban J connectivity index is 3.79. The molecule has 114 valence electrons. The normalized spacial score (nSPS) is 12.3. The van der Waals surface area contributed by atoms with Crippen molar-refractivity contribution in [2.24, 2.45) is 0 Å². The molecule has 3 N–H and O–H groups in total. The highest BCUT2D eigenvalue weighted by Gasteiger charge is 2.23. The standard InChI is InChI=1S/C14H30N2O3/c1-6-14(7-2,11-17)16-10-8-9-15-12(18)19-13(3,4)5/h16-17H,6-11H2,1-5H3,(H,15,18). The predicted octanol–water partition coefficient (Wildman–Crippen LogP) is 2.04. The second kappa shape index (κ2) is 8.38. The fourth-order valence-corrected chi connectivity index (χ4v) is 1.73. The number of carbonyl (C=O) groups excluding carboxylic acids is 1.